The van der Waals surface area contributed by atoms with Gasteiger partial charge in [-0.25, -0.2) is 29.9 Å². The van der Waals surface area contributed by atoms with Crippen molar-refractivity contribution in [3.8, 4) is 67.8 Å². The third-order valence-electron chi connectivity index (χ3n) is 8.47. The maximum Gasteiger partial charge on any atom is 0.229 e. The molecule has 7 heteroatoms. The Morgan fingerprint density at radius 2 is 0.857 bits per heavy atom. The van der Waals surface area contributed by atoms with Crippen LogP contribution in [0.3, 0.4) is 0 Å². The van der Waals surface area contributed by atoms with E-state index in [0.29, 0.717) is 34.6 Å². The molecule has 0 aliphatic heterocycles. The summed E-state index contributed by atoms with van der Waals surface area (Å²) >= 11 is 0. The van der Waals surface area contributed by atoms with Crippen molar-refractivity contribution in [1.82, 2.24) is 29.9 Å². The molecule has 0 aliphatic rings. The molecule has 4 heterocycles. The Morgan fingerprint density at radius 1 is 0.347 bits per heavy atom. The summed E-state index contributed by atoms with van der Waals surface area (Å²) in [5.74, 6) is 2.39. The van der Waals surface area contributed by atoms with Gasteiger partial charge in [-0.15, -0.1) is 0 Å². The van der Waals surface area contributed by atoms with Crippen LogP contribution in [-0.2, 0) is 0 Å². The summed E-state index contributed by atoms with van der Waals surface area (Å²) in [4.78, 5) is 28.9. The summed E-state index contributed by atoms with van der Waals surface area (Å²) in [7, 11) is 0. The number of rotatable bonds is 6. The highest BCUT2D eigenvalue weighted by molar-refractivity contribution is 6.02. The molecule has 230 valence electrons. The standard InChI is InChI=1S/C42H26N6O/c1-4-11-27(12-5-1)32-17-10-18-33(23-32)41-47-39(29-15-8-3-9-16-29)46-40(48-41)31-21-19-30(20-22-31)38-43-26-36-37(45-38)35-24-34(25-44-42(35)49-36)28-13-6-2-7-14-28/h1-26H. The smallest absolute Gasteiger partial charge is 0.229 e. The average Bonchev–Trinajstić information content (AvgIpc) is 3.56. The summed E-state index contributed by atoms with van der Waals surface area (Å²) in [6.07, 6.45) is 3.53. The van der Waals surface area contributed by atoms with Gasteiger partial charge in [-0.2, -0.15) is 0 Å². The maximum atomic E-state index is 5.98. The van der Waals surface area contributed by atoms with Gasteiger partial charge >= 0.3 is 0 Å². The number of benzene rings is 5. The number of pyridine rings is 1. The van der Waals surface area contributed by atoms with Gasteiger partial charge in [0.15, 0.2) is 28.9 Å². The number of aromatic nitrogens is 6. The van der Waals surface area contributed by atoms with E-state index < -0.39 is 0 Å². The van der Waals surface area contributed by atoms with Crippen molar-refractivity contribution < 1.29 is 4.42 Å². The lowest BCUT2D eigenvalue weighted by atomic mass is 10.0. The van der Waals surface area contributed by atoms with E-state index in [1.54, 1.807) is 6.20 Å². The third kappa shape index (κ3) is 5.49. The van der Waals surface area contributed by atoms with E-state index in [9.17, 15) is 0 Å². The zero-order valence-electron chi connectivity index (χ0n) is 26.1. The molecular weight excluding hydrogens is 605 g/mol. The second-order valence-electron chi connectivity index (χ2n) is 11.6. The molecular formula is C42H26N6O. The van der Waals surface area contributed by atoms with Gasteiger partial charge in [0.25, 0.3) is 0 Å². The number of hydrogen-bond acceptors (Lipinski definition) is 7. The molecule has 0 saturated carbocycles. The van der Waals surface area contributed by atoms with E-state index in [1.807, 2.05) is 109 Å². The second kappa shape index (κ2) is 12.1. The first-order valence-corrected chi connectivity index (χ1v) is 15.9. The Bertz CT molecular complexity index is 2590. The van der Waals surface area contributed by atoms with Crippen LogP contribution in [0.25, 0.3) is 90.0 Å². The molecule has 0 aliphatic carbocycles. The molecule has 0 radical (unpaired) electrons. The van der Waals surface area contributed by atoms with Gasteiger partial charge in [0.05, 0.1) is 11.6 Å². The monoisotopic (exact) mass is 630 g/mol. The molecule has 49 heavy (non-hydrogen) atoms. The van der Waals surface area contributed by atoms with Crippen molar-refractivity contribution in [2.45, 2.75) is 0 Å². The molecule has 0 spiro atoms. The van der Waals surface area contributed by atoms with Crippen molar-refractivity contribution in [3.05, 3.63) is 158 Å². The lowest BCUT2D eigenvalue weighted by Crippen LogP contribution is -2.00. The molecule has 9 aromatic rings. The molecule has 0 bridgehead atoms. The molecule has 9 rings (SSSR count). The van der Waals surface area contributed by atoms with Crippen LogP contribution in [0.15, 0.2) is 162 Å². The van der Waals surface area contributed by atoms with Crippen molar-refractivity contribution >= 4 is 22.2 Å². The van der Waals surface area contributed by atoms with Crippen molar-refractivity contribution in [2.24, 2.45) is 0 Å². The van der Waals surface area contributed by atoms with Gasteiger partial charge in [0.1, 0.15) is 5.52 Å². The zero-order valence-corrected chi connectivity index (χ0v) is 26.1. The quantitative estimate of drug-likeness (QED) is 0.181. The van der Waals surface area contributed by atoms with Crippen molar-refractivity contribution in [1.29, 1.82) is 0 Å². The van der Waals surface area contributed by atoms with Crippen molar-refractivity contribution in [3.63, 3.8) is 0 Å². The SMILES string of the molecule is c1ccc(-c2cccc(-c3nc(-c4ccccc4)nc(-c4ccc(-c5ncc6oc7ncc(-c8ccccc8)cc7c6n5)cc4)n3)c2)cc1. The van der Waals surface area contributed by atoms with E-state index in [4.69, 9.17) is 24.4 Å². The van der Waals surface area contributed by atoms with Crippen molar-refractivity contribution in [2.75, 3.05) is 0 Å². The largest absolute Gasteiger partial charge is 0.434 e. The first-order chi connectivity index (χ1) is 24.2. The molecule has 0 saturated heterocycles. The lowest BCUT2D eigenvalue weighted by Gasteiger charge is -2.10. The van der Waals surface area contributed by atoms with Crippen LogP contribution in [0, 0.1) is 0 Å². The first kappa shape index (κ1) is 28.4. The number of hydrogen-bond donors (Lipinski definition) is 0. The minimum absolute atomic E-state index is 0.533. The van der Waals surface area contributed by atoms with E-state index in [2.05, 4.69) is 52.4 Å². The Hall–Kier alpha value is -6.86. The third-order valence-corrected chi connectivity index (χ3v) is 8.47. The molecule has 7 nitrogen and oxygen atoms in total. The normalized spacial score (nSPS) is 11.3. The van der Waals surface area contributed by atoms with Crippen LogP contribution in [0.1, 0.15) is 0 Å². The van der Waals surface area contributed by atoms with Crippen LogP contribution in [0.2, 0.25) is 0 Å². The molecule has 0 N–H and O–H groups in total. The molecule has 0 amide bonds. The molecule has 4 aromatic heterocycles. The Balaban J connectivity index is 1.09. The summed E-state index contributed by atoms with van der Waals surface area (Å²) in [6.45, 7) is 0. The van der Waals surface area contributed by atoms with Gasteiger partial charge < -0.3 is 4.42 Å². The molecule has 0 unspecified atom stereocenters. The fraction of sp³-hybridized carbons (Fsp3) is 0. The summed E-state index contributed by atoms with van der Waals surface area (Å²) in [5, 5.41) is 0.846. The minimum atomic E-state index is 0.533. The van der Waals surface area contributed by atoms with Gasteiger partial charge in [-0.1, -0.05) is 133 Å². The molecule has 0 atom stereocenters. The zero-order chi connectivity index (χ0) is 32.6. The number of furan rings is 1. The minimum Gasteiger partial charge on any atom is -0.434 e. The van der Waals surface area contributed by atoms with Gasteiger partial charge in [-0.3, -0.25) is 0 Å². The fourth-order valence-corrected chi connectivity index (χ4v) is 5.96. The fourth-order valence-electron chi connectivity index (χ4n) is 5.96. The Kier molecular flexibility index (Phi) is 6.98. The highest BCUT2D eigenvalue weighted by Crippen LogP contribution is 2.32. The molecule has 0 fully saturated rings. The summed E-state index contributed by atoms with van der Waals surface area (Å²) in [6, 6.07) is 48.8. The Labute approximate surface area is 281 Å². The van der Waals surface area contributed by atoms with Crippen LogP contribution >= 0.6 is 0 Å². The predicted octanol–water partition coefficient (Wildman–Crippen LogP) is 9.96. The van der Waals surface area contributed by atoms with Crippen LogP contribution < -0.4 is 0 Å². The van der Waals surface area contributed by atoms with Gasteiger partial charge in [0, 0.05) is 34.0 Å². The number of fused-ring (bicyclic) bond motifs is 3. The Morgan fingerprint density at radius 3 is 1.51 bits per heavy atom. The maximum absolute atomic E-state index is 5.98. The summed E-state index contributed by atoms with van der Waals surface area (Å²) < 4.78 is 5.98. The second-order valence-corrected chi connectivity index (χ2v) is 11.6. The number of nitrogens with zero attached hydrogens (tertiary/aromatic N) is 6. The predicted molar refractivity (Wildman–Crippen MR) is 193 cm³/mol. The van der Waals surface area contributed by atoms with Crippen LogP contribution in [-0.4, -0.2) is 29.9 Å². The highest BCUT2D eigenvalue weighted by Gasteiger charge is 2.16. The van der Waals surface area contributed by atoms with E-state index >= 15 is 0 Å². The van der Waals surface area contributed by atoms with E-state index in [1.165, 1.54) is 0 Å². The lowest BCUT2D eigenvalue weighted by molar-refractivity contribution is 0.651. The first-order valence-electron chi connectivity index (χ1n) is 15.9. The van der Waals surface area contributed by atoms with Gasteiger partial charge in [0.2, 0.25) is 5.71 Å². The van der Waals surface area contributed by atoms with Crippen LogP contribution in [0.5, 0.6) is 0 Å². The van der Waals surface area contributed by atoms with Crippen LogP contribution in [0.4, 0.5) is 0 Å². The topological polar surface area (TPSA) is 90.5 Å². The van der Waals surface area contributed by atoms with E-state index in [-0.39, 0.29) is 0 Å². The highest BCUT2D eigenvalue weighted by atomic mass is 16.3. The summed E-state index contributed by atoms with van der Waals surface area (Å²) in [5.41, 5.74) is 9.71. The molecule has 5 aromatic carbocycles. The van der Waals surface area contributed by atoms with Gasteiger partial charge in [-0.05, 0) is 28.8 Å². The average molecular weight is 631 g/mol. The van der Waals surface area contributed by atoms with E-state index in [0.717, 1.165) is 55.4 Å².